The smallest absolute Gasteiger partial charge is 0.266 e. The Kier molecular flexibility index (Phi) is 7.36. The average Bonchev–Trinajstić information content (AvgIpc) is 3.44. The molecule has 0 saturated heterocycles. The van der Waals surface area contributed by atoms with Crippen LogP contribution in [0.1, 0.15) is 85.9 Å². The summed E-state index contributed by atoms with van der Waals surface area (Å²) >= 11 is 0. The number of benzene rings is 6. The third-order valence-corrected chi connectivity index (χ3v) is 10.7. The molecule has 258 valence electrons. The Morgan fingerprint density at radius 2 is 0.654 bits per heavy atom. The molecule has 8 heteroatoms. The Morgan fingerprint density at radius 1 is 0.385 bits per heavy atom. The molecule has 0 radical (unpaired) electrons. The summed E-state index contributed by atoms with van der Waals surface area (Å²) in [4.78, 5) is 57.0. The first kappa shape index (κ1) is 32.9. The Bertz CT molecular complexity index is 2420. The standard InChI is InChI=1S/C44H36N2O6/c1-21-9-29-17-35-37(43(51)45(41(35)49)39-23(3)11-33(47)12-24(39)4)19-31(29)15-27(21)7-8-28-16-32-20-38-36(18-30(32)10-22(28)2)42(50)46(44(38)52)40-25(5)13-34(48)14-26(40)6/h9-20,47-48H,7-8H2,1-6H3. The highest BCUT2D eigenvalue weighted by Gasteiger charge is 2.40. The number of hydrogen-bond donors (Lipinski definition) is 2. The van der Waals surface area contributed by atoms with Crippen molar-refractivity contribution in [3.8, 4) is 11.5 Å². The number of hydrogen-bond acceptors (Lipinski definition) is 6. The van der Waals surface area contributed by atoms with E-state index in [2.05, 4.69) is 24.3 Å². The number of aryl methyl sites for hydroxylation is 8. The van der Waals surface area contributed by atoms with Crippen molar-refractivity contribution >= 4 is 56.5 Å². The monoisotopic (exact) mass is 688 g/mol. The van der Waals surface area contributed by atoms with E-state index in [-0.39, 0.29) is 35.1 Å². The van der Waals surface area contributed by atoms with Crippen LogP contribution < -0.4 is 9.80 Å². The molecule has 8 rings (SSSR count). The van der Waals surface area contributed by atoms with Crippen LogP contribution in [0.5, 0.6) is 11.5 Å². The quantitative estimate of drug-likeness (QED) is 0.175. The summed E-state index contributed by atoms with van der Waals surface area (Å²) in [5, 5.41) is 23.6. The molecule has 0 fully saturated rings. The predicted molar refractivity (Wildman–Crippen MR) is 202 cm³/mol. The molecule has 4 amide bonds. The molecular formula is C44H36N2O6. The molecule has 2 aliphatic rings. The zero-order valence-corrected chi connectivity index (χ0v) is 29.8. The van der Waals surface area contributed by atoms with Crippen molar-refractivity contribution in [1.82, 2.24) is 0 Å². The van der Waals surface area contributed by atoms with Gasteiger partial charge in [-0.1, -0.05) is 24.3 Å². The molecule has 52 heavy (non-hydrogen) atoms. The molecule has 0 aliphatic carbocycles. The van der Waals surface area contributed by atoms with Gasteiger partial charge in [0.25, 0.3) is 23.6 Å². The first-order valence-corrected chi connectivity index (χ1v) is 17.2. The van der Waals surface area contributed by atoms with E-state index >= 15 is 0 Å². The fourth-order valence-electron chi connectivity index (χ4n) is 8.18. The van der Waals surface area contributed by atoms with Crippen molar-refractivity contribution in [3.05, 3.63) is 140 Å². The highest BCUT2D eigenvalue weighted by atomic mass is 16.3. The molecular weight excluding hydrogens is 652 g/mol. The summed E-state index contributed by atoms with van der Waals surface area (Å²) in [5.74, 6) is -1.33. The summed E-state index contributed by atoms with van der Waals surface area (Å²) in [6, 6.07) is 21.7. The fraction of sp³-hybridized carbons (Fsp3) is 0.182. The lowest BCUT2D eigenvalue weighted by Crippen LogP contribution is -2.30. The molecule has 8 nitrogen and oxygen atoms in total. The van der Waals surface area contributed by atoms with Gasteiger partial charge in [0, 0.05) is 0 Å². The molecule has 6 aromatic rings. The van der Waals surface area contributed by atoms with Gasteiger partial charge in [0.1, 0.15) is 11.5 Å². The molecule has 0 spiro atoms. The lowest BCUT2D eigenvalue weighted by atomic mass is 9.92. The first-order chi connectivity index (χ1) is 24.7. The van der Waals surface area contributed by atoms with E-state index in [0.29, 0.717) is 55.9 Å². The number of anilines is 2. The number of nitrogens with zero attached hydrogens (tertiary/aromatic N) is 2. The van der Waals surface area contributed by atoms with Gasteiger partial charge in [0.05, 0.1) is 33.6 Å². The first-order valence-electron chi connectivity index (χ1n) is 17.2. The van der Waals surface area contributed by atoms with Gasteiger partial charge >= 0.3 is 0 Å². The van der Waals surface area contributed by atoms with Crippen LogP contribution in [0, 0.1) is 41.5 Å². The van der Waals surface area contributed by atoms with Crippen LogP contribution in [0.4, 0.5) is 11.4 Å². The van der Waals surface area contributed by atoms with Crippen molar-refractivity contribution in [2.75, 3.05) is 9.80 Å². The van der Waals surface area contributed by atoms with Gasteiger partial charge in [0.15, 0.2) is 0 Å². The van der Waals surface area contributed by atoms with Crippen molar-refractivity contribution < 1.29 is 29.4 Å². The summed E-state index contributed by atoms with van der Waals surface area (Å²) in [6.07, 6.45) is 1.46. The van der Waals surface area contributed by atoms with E-state index < -0.39 is 0 Å². The van der Waals surface area contributed by atoms with Gasteiger partial charge < -0.3 is 10.2 Å². The second-order valence-electron chi connectivity index (χ2n) is 14.3. The van der Waals surface area contributed by atoms with E-state index in [1.165, 1.54) is 9.80 Å². The molecule has 0 atom stereocenters. The maximum Gasteiger partial charge on any atom is 0.266 e. The normalized spacial score (nSPS) is 14.0. The van der Waals surface area contributed by atoms with Gasteiger partial charge in [-0.3, -0.25) is 19.2 Å². The van der Waals surface area contributed by atoms with E-state index in [0.717, 1.165) is 56.6 Å². The number of amides is 4. The van der Waals surface area contributed by atoms with E-state index in [9.17, 15) is 29.4 Å². The third kappa shape index (κ3) is 4.97. The van der Waals surface area contributed by atoms with Crippen molar-refractivity contribution in [2.45, 2.75) is 54.4 Å². The lowest BCUT2D eigenvalue weighted by Gasteiger charge is -2.19. The molecule has 0 bridgehead atoms. The Morgan fingerprint density at radius 3 is 0.942 bits per heavy atom. The molecule has 0 saturated carbocycles. The number of aromatic hydroxyl groups is 2. The second-order valence-corrected chi connectivity index (χ2v) is 14.3. The number of carbonyl (C=O) groups excluding carboxylic acids is 4. The van der Waals surface area contributed by atoms with E-state index in [1.54, 1.807) is 64.1 Å². The summed E-state index contributed by atoms with van der Waals surface area (Å²) < 4.78 is 0. The fourth-order valence-corrected chi connectivity index (χ4v) is 8.18. The SMILES string of the molecule is Cc1cc2cc3c(cc2cc1CCc1cc2cc4c(cc2cc1C)C(=O)N(c1c(C)cc(O)cc1C)C4=O)C(=O)N(c1c(C)cc(O)cc1C)C3=O. The molecule has 2 heterocycles. The predicted octanol–water partition coefficient (Wildman–Crippen LogP) is 8.64. The molecule has 0 unspecified atom stereocenters. The van der Waals surface area contributed by atoms with Gasteiger partial charge in [-0.2, -0.15) is 0 Å². The molecule has 2 N–H and O–H groups in total. The van der Waals surface area contributed by atoms with E-state index in [4.69, 9.17) is 0 Å². The zero-order chi connectivity index (χ0) is 36.9. The highest BCUT2D eigenvalue weighted by Crippen LogP contribution is 2.39. The van der Waals surface area contributed by atoms with Crippen LogP contribution >= 0.6 is 0 Å². The Labute approximate surface area is 300 Å². The number of carbonyl (C=O) groups is 4. The van der Waals surface area contributed by atoms with Crippen molar-refractivity contribution in [2.24, 2.45) is 0 Å². The van der Waals surface area contributed by atoms with Gasteiger partial charge in [-0.15, -0.1) is 0 Å². The van der Waals surface area contributed by atoms with Crippen LogP contribution in [0.25, 0.3) is 21.5 Å². The largest absolute Gasteiger partial charge is 0.508 e. The molecule has 2 aliphatic heterocycles. The number of fused-ring (bicyclic) bond motifs is 4. The number of phenols is 2. The summed E-state index contributed by atoms with van der Waals surface area (Å²) in [6.45, 7) is 11.2. The molecule has 0 aromatic heterocycles. The zero-order valence-electron chi connectivity index (χ0n) is 29.8. The second kappa shape index (κ2) is 11.6. The number of phenolic OH excluding ortho intramolecular Hbond substituents is 2. The summed E-state index contributed by atoms with van der Waals surface area (Å²) in [7, 11) is 0. The maximum absolute atomic E-state index is 13.7. The minimum Gasteiger partial charge on any atom is -0.508 e. The Hall–Kier alpha value is -6.28. The Balaban J connectivity index is 1.09. The average molecular weight is 689 g/mol. The van der Waals surface area contributed by atoms with Crippen LogP contribution in [0.3, 0.4) is 0 Å². The third-order valence-electron chi connectivity index (χ3n) is 10.7. The van der Waals surface area contributed by atoms with Gasteiger partial charge in [0.2, 0.25) is 0 Å². The minimum atomic E-state index is -0.379. The topological polar surface area (TPSA) is 115 Å². The lowest BCUT2D eigenvalue weighted by molar-refractivity contribution is 0.0910. The van der Waals surface area contributed by atoms with Crippen LogP contribution in [-0.2, 0) is 12.8 Å². The maximum atomic E-state index is 13.7. The van der Waals surface area contributed by atoms with Gasteiger partial charge in [-0.25, -0.2) is 9.80 Å². The number of imide groups is 2. The van der Waals surface area contributed by atoms with Crippen molar-refractivity contribution in [3.63, 3.8) is 0 Å². The van der Waals surface area contributed by atoms with Crippen molar-refractivity contribution in [1.29, 1.82) is 0 Å². The van der Waals surface area contributed by atoms with Crippen LogP contribution in [0.2, 0.25) is 0 Å². The molecule has 6 aromatic carbocycles. The van der Waals surface area contributed by atoms with E-state index in [1.807, 2.05) is 26.0 Å². The van der Waals surface area contributed by atoms with Crippen LogP contribution in [0.15, 0.2) is 72.8 Å². The minimum absolute atomic E-state index is 0.0847. The highest BCUT2D eigenvalue weighted by molar-refractivity contribution is 6.36. The summed E-state index contributed by atoms with van der Waals surface area (Å²) in [5.41, 5.74) is 9.41. The van der Waals surface area contributed by atoms with Gasteiger partial charge in [-0.05, 0) is 169 Å². The van der Waals surface area contributed by atoms with Crippen LogP contribution in [-0.4, -0.2) is 33.8 Å². The number of rotatable bonds is 5.